The van der Waals surface area contributed by atoms with E-state index in [1.807, 2.05) is 36.4 Å². The average molecular weight is 500 g/mol. The third-order valence-corrected chi connectivity index (χ3v) is 5.97. The Kier molecular flexibility index (Phi) is 4.45. The second-order valence-corrected chi connectivity index (χ2v) is 8.68. The van der Waals surface area contributed by atoms with E-state index in [4.69, 9.17) is 0 Å². The van der Waals surface area contributed by atoms with E-state index in [1.165, 1.54) is 0 Å². The van der Waals surface area contributed by atoms with Crippen LogP contribution in [0.15, 0.2) is 69.6 Å². The molecule has 5 rings (SSSR count). The number of halogens is 2. The Bertz CT molecular complexity index is 1270. The SMILES string of the molecule is OC(Cn1nnc2ccccc21)Cn1c2ccc(Br)cc2c2cc(Br)ccc21. The molecule has 0 saturated carbocycles. The lowest BCUT2D eigenvalue weighted by Gasteiger charge is -2.14. The van der Waals surface area contributed by atoms with Crippen LogP contribution in [0.1, 0.15) is 0 Å². The van der Waals surface area contributed by atoms with Gasteiger partial charge in [-0.2, -0.15) is 0 Å². The van der Waals surface area contributed by atoms with Crippen LogP contribution in [-0.2, 0) is 13.1 Å². The monoisotopic (exact) mass is 498 g/mol. The van der Waals surface area contributed by atoms with Crippen LogP contribution < -0.4 is 0 Å². The Labute approximate surface area is 177 Å². The summed E-state index contributed by atoms with van der Waals surface area (Å²) < 4.78 is 6.01. The molecule has 3 aromatic carbocycles. The highest BCUT2D eigenvalue weighted by Gasteiger charge is 2.16. The van der Waals surface area contributed by atoms with Gasteiger partial charge < -0.3 is 9.67 Å². The van der Waals surface area contributed by atoms with Gasteiger partial charge in [-0.1, -0.05) is 49.2 Å². The molecule has 0 aliphatic carbocycles. The fourth-order valence-corrected chi connectivity index (χ4v) is 4.49. The van der Waals surface area contributed by atoms with E-state index >= 15 is 0 Å². The Morgan fingerprint density at radius 2 is 1.46 bits per heavy atom. The molecule has 0 spiro atoms. The molecule has 5 aromatic rings. The molecule has 0 amide bonds. The van der Waals surface area contributed by atoms with Gasteiger partial charge in [-0.05, 0) is 48.5 Å². The molecule has 0 aliphatic heterocycles. The van der Waals surface area contributed by atoms with Crippen LogP contribution in [0, 0.1) is 0 Å². The molecule has 0 saturated heterocycles. The van der Waals surface area contributed by atoms with Crippen molar-refractivity contribution in [3.63, 3.8) is 0 Å². The molecule has 2 heterocycles. The first-order valence-corrected chi connectivity index (χ1v) is 10.5. The number of fused-ring (bicyclic) bond motifs is 4. The van der Waals surface area contributed by atoms with Gasteiger partial charge in [-0.25, -0.2) is 4.68 Å². The van der Waals surface area contributed by atoms with Gasteiger partial charge >= 0.3 is 0 Å². The van der Waals surface area contributed by atoms with Crippen LogP contribution in [0.2, 0.25) is 0 Å². The van der Waals surface area contributed by atoms with E-state index in [-0.39, 0.29) is 0 Å². The Morgan fingerprint density at radius 3 is 2.14 bits per heavy atom. The number of aromatic nitrogens is 4. The Balaban J connectivity index is 1.55. The smallest absolute Gasteiger partial charge is 0.113 e. The summed E-state index contributed by atoms with van der Waals surface area (Å²) in [4.78, 5) is 0. The van der Waals surface area contributed by atoms with E-state index in [2.05, 4.69) is 71.0 Å². The summed E-state index contributed by atoms with van der Waals surface area (Å²) in [5.41, 5.74) is 3.95. The molecule has 5 nitrogen and oxygen atoms in total. The van der Waals surface area contributed by atoms with Crippen LogP contribution in [0.3, 0.4) is 0 Å². The van der Waals surface area contributed by atoms with E-state index < -0.39 is 6.10 Å². The first kappa shape index (κ1) is 17.8. The first-order chi connectivity index (χ1) is 13.6. The lowest BCUT2D eigenvalue weighted by Crippen LogP contribution is -2.22. The van der Waals surface area contributed by atoms with Crippen molar-refractivity contribution in [2.24, 2.45) is 0 Å². The van der Waals surface area contributed by atoms with Gasteiger partial charge in [0.15, 0.2) is 0 Å². The number of rotatable bonds is 4. The normalized spacial score (nSPS) is 13.0. The predicted molar refractivity (Wildman–Crippen MR) is 118 cm³/mol. The first-order valence-electron chi connectivity index (χ1n) is 8.93. The van der Waals surface area contributed by atoms with Gasteiger partial charge in [0.05, 0.1) is 24.7 Å². The summed E-state index contributed by atoms with van der Waals surface area (Å²) in [5.74, 6) is 0. The quantitative estimate of drug-likeness (QED) is 0.373. The van der Waals surface area contributed by atoms with Crippen molar-refractivity contribution in [3.8, 4) is 0 Å². The largest absolute Gasteiger partial charge is 0.389 e. The third kappa shape index (κ3) is 3.03. The highest BCUT2D eigenvalue weighted by Crippen LogP contribution is 2.33. The maximum Gasteiger partial charge on any atom is 0.113 e. The fraction of sp³-hybridized carbons (Fsp3) is 0.143. The highest BCUT2D eigenvalue weighted by molar-refractivity contribution is 9.10. The summed E-state index contributed by atoms with van der Waals surface area (Å²) in [7, 11) is 0. The molecule has 0 radical (unpaired) electrons. The number of aliphatic hydroxyl groups is 1. The van der Waals surface area contributed by atoms with Gasteiger partial charge in [0.1, 0.15) is 5.52 Å². The summed E-state index contributed by atoms with van der Waals surface area (Å²) in [6.45, 7) is 0.853. The predicted octanol–water partition coefficient (Wildman–Crippen LogP) is 5.13. The lowest BCUT2D eigenvalue weighted by molar-refractivity contribution is 0.133. The van der Waals surface area contributed by atoms with Crippen molar-refractivity contribution in [2.75, 3.05) is 0 Å². The molecular weight excluding hydrogens is 484 g/mol. The zero-order valence-corrected chi connectivity index (χ0v) is 17.9. The number of aliphatic hydroxyl groups excluding tert-OH is 1. The number of hydrogen-bond acceptors (Lipinski definition) is 3. The second-order valence-electron chi connectivity index (χ2n) is 6.85. The molecule has 28 heavy (non-hydrogen) atoms. The fourth-order valence-electron chi connectivity index (χ4n) is 3.77. The number of para-hydroxylation sites is 1. The number of hydrogen-bond donors (Lipinski definition) is 1. The van der Waals surface area contributed by atoms with Crippen LogP contribution in [-0.4, -0.2) is 30.8 Å². The van der Waals surface area contributed by atoms with Crippen molar-refractivity contribution in [1.82, 2.24) is 19.6 Å². The molecule has 1 N–H and O–H groups in total. The van der Waals surface area contributed by atoms with Crippen LogP contribution >= 0.6 is 31.9 Å². The lowest BCUT2D eigenvalue weighted by atomic mass is 10.2. The maximum absolute atomic E-state index is 10.9. The molecule has 7 heteroatoms. The molecule has 2 aromatic heterocycles. The van der Waals surface area contributed by atoms with E-state index in [9.17, 15) is 5.11 Å². The molecule has 0 bridgehead atoms. The average Bonchev–Trinajstić information content (AvgIpc) is 3.21. The van der Waals surface area contributed by atoms with Gasteiger partial charge in [-0.3, -0.25) is 0 Å². The topological polar surface area (TPSA) is 55.9 Å². The summed E-state index contributed by atoms with van der Waals surface area (Å²) in [6.07, 6.45) is -0.601. The Hall–Kier alpha value is -2.22. The highest BCUT2D eigenvalue weighted by atomic mass is 79.9. The van der Waals surface area contributed by atoms with Gasteiger partial charge in [0.2, 0.25) is 0 Å². The molecule has 1 atom stereocenters. The Morgan fingerprint density at radius 1 is 0.821 bits per heavy atom. The van der Waals surface area contributed by atoms with E-state index in [1.54, 1.807) is 4.68 Å². The van der Waals surface area contributed by atoms with Gasteiger partial charge in [0, 0.05) is 30.8 Å². The molecular formula is C21H16Br2N4O. The van der Waals surface area contributed by atoms with Crippen molar-refractivity contribution in [1.29, 1.82) is 0 Å². The minimum absolute atomic E-state index is 0.384. The van der Waals surface area contributed by atoms with Gasteiger partial charge in [-0.15, -0.1) is 5.10 Å². The molecule has 0 fully saturated rings. The van der Waals surface area contributed by atoms with Crippen molar-refractivity contribution in [2.45, 2.75) is 19.2 Å². The third-order valence-electron chi connectivity index (χ3n) is 4.99. The maximum atomic E-state index is 10.9. The summed E-state index contributed by atoms with van der Waals surface area (Å²) in [5, 5.41) is 21.5. The zero-order valence-electron chi connectivity index (χ0n) is 14.8. The standard InChI is InChI=1S/C21H16Br2N4O/c22-13-5-7-19-16(9-13)17-10-14(23)6-8-20(17)26(19)11-15(28)12-27-21-4-2-1-3-18(21)24-25-27/h1-10,15,28H,11-12H2. The molecule has 0 aliphatic rings. The van der Waals surface area contributed by atoms with E-state index in [0.29, 0.717) is 13.1 Å². The zero-order chi connectivity index (χ0) is 19.3. The molecule has 1 unspecified atom stereocenters. The van der Waals surface area contributed by atoms with Crippen LogP contribution in [0.25, 0.3) is 32.8 Å². The minimum Gasteiger partial charge on any atom is -0.389 e. The minimum atomic E-state index is -0.601. The van der Waals surface area contributed by atoms with E-state index in [0.717, 1.165) is 41.8 Å². The van der Waals surface area contributed by atoms with Crippen molar-refractivity contribution >= 4 is 64.7 Å². The van der Waals surface area contributed by atoms with Gasteiger partial charge in [0.25, 0.3) is 0 Å². The van der Waals surface area contributed by atoms with Crippen molar-refractivity contribution < 1.29 is 5.11 Å². The van der Waals surface area contributed by atoms with Crippen LogP contribution in [0.5, 0.6) is 0 Å². The molecule has 140 valence electrons. The summed E-state index contributed by atoms with van der Waals surface area (Å²) >= 11 is 7.14. The second kappa shape index (κ2) is 6.99. The number of nitrogens with zero attached hydrogens (tertiary/aromatic N) is 4. The number of benzene rings is 3. The van der Waals surface area contributed by atoms with Crippen LogP contribution in [0.4, 0.5) is 0 Å². The van der Waals surface area contributed by atoms with Crippen molar-refractivity contribution in [3.05, 3.63) is 69.6 Å². The summed E-state index contributed by atoms with van der Waals surface area (Å²) in [6, 6.07) is 20.3.